The first-order valence-electron chi connectivity index (χ1n) is 6.26. The largest absolute Gasteiger partial charge is 0.384 e. The normalized spacial score (nSPS) is 20.7. The number of nitrogens with two attached hydrogens (primary N) is 1. The van der Waals surface area contributed by atoms with Crippen LogP contribution in [0, 0.1) is 0 Å². The van der Waals surface area contributed by atoms with Gasteiger partial charge in [0, 0.05) is 19.6 Å². The van der Waals surface area contributed by atoms with Gasteiger partial charge in [-0.1, -0.05) is 6.07 Å². The summed E-state index contributed by atoms with van der Waals surface area (Å²) in [6, 6.07) is 5.42. The van der Waals surface area contributed by atoms with E-state index in [1.54, 1.807) is 23.1 Å². The van der Waals surface area contributed by atoms with Crippen molar-refractivity contribution in [3.05, 3.63) is 23.9 Å². The van der Waals surface area contributed by atoms with Crippen molar-refractivity contribution in [1.29, 1.82) is 0 Å². The zero-order valence-corrected chi connectivity index (χ0v) is 11.0. The number of piperidine rings is 1. The van der Waals surface area contributed by atoms with Gasteiger partial charge in [0.05, 0.1) is 0 Å². The molecule has 0 saturated carbocycles. The number of nitrogen functional groups attached to an aromatic ring is 1. The van der Waals surface area contributed by atoms with E-state index in [1.807, 2.05) is 7.05 Å². The maximum absolute atomic E-state index is 12.3. The van der Waals surface area contributed by atoms with Crippen molar-refractivity contribution >= 4 is 11.7 Å². The summed E-state index contributed by atoms with van der Waals surface area (Å²) in [7, 11) is 3.93. The van der Waals surface area contributed by atoms with Gasteiger partial charge in [0.15, 0.2) is 0 Å². The molecule has 1 aliphatic rings. The number of aromatic nitrogens is 1. The summed E-state index contributed by atoms with van der Waals surface area (Å²) in [4.78, 5) is 20.4. The van der Waals surface area contributed by atoms with Gasteiger partial charge in [-0.25, -0.2) is 4.98 Å². The van der Waals surface area contributed by atoms with Crippen LogP contribution in [0.4, 0.5) is 5.82 Å². The number of anilines is 1. The van der Waals surface area contributed by atoms with E-state index in [-0.39, 0.29) is 11.9 Å². The van der Waals surface area contributed by atoms with Crippen molar-refractivity contribution in [1.82, 2.24) is 14.8 Å². The van der Waals surface area contributed by atoms with Crippen molar-refractivity contribution in [3.63, 3.8) is 0 Å². The molecule has 1 aliphatic heterocycles. The smallest absolute Gasteiger partial charge is 0.272 e. The average Bonchev–Trinajstić information content (AvgIpc) is 2.37. The molecule has 1 unspecified atom stereocenters. The molecule has 1 aromatic rings. The topological polar surface area (TPSA) is 62.5 Å². The molecule has 2 heterocycles. The maximum atomic E-state index is 12.3. The Labute approximate surface area is 108 Å². The Morgan fingerprint density at radius 3 is 3.00 bits per heavy atom. The van der Waals surface area contributed by atoms with Gasteiger partial charge < -0.3 is 15.5 Å². The lowest BCUT2D eigenvalue weighted by Gasteiger charge is -2.35. The molecule has 5 nitrogen and oxygen atoms in total. The molecule has 0 radical (unpaired) electrons. The second-order valence-electron chi connectivity index (χ2n) is 4.92. The highest BCUT2D eigenvalue weighted by atomic mass is 16.2. The summed E-state index contributed by atoms with van der Waals surface area (Å²) in [6.45, 7) is 2.03. The molecule has 0 aromatic carbocycles. The zero-order chi connectivity index (χ0) is 13.1. The molecule has 2 N–H and O–H groups in total. The van der Waals surface area contributed by atoms with Crippen LogP contribution in [-0.2, 0) is 0 Å². The quantitative estimate of drug-likeness (QED) is 0.842. The summed E-state index contributed by atoms with van der Waals surface area (Å²) < 4.78 is 0. The van der Waals surface area contributed by atoms with Crippen molar-refractivity contribution in [2.24, 2.45) is 0 Å². The van der Waals surface area contributed by atoms with Crippen LogP contribution in [0.15, 0.2) is 18.2 Å². The highest BCUT2D eigenvalue weighted by Gasteiger charge is 2.25. The summed E-state index contributed by atoms with van der Waals surface area (Å²) in [5.41, 5.74) is 6.03. The number of rotatable bonds is 2. The minimum atomic E-state index is -0.0531. The van der Waals surface area contributed by atoms with Crippen LogP contribution < -0.4 is 5.73 Å². The van der Waals surface area contributed by atoms with E-state index in [1.165, 1.54) is 0 Å². The Morgan fingerprint density at radius 1 is 1.56 bits per heavy atom. The van der Waals surface area contributed by atoms with E-state index in [9.17, 15) is 4.79 Å². The SMILES string of the molecule is CN1CCCC(N(C)C(=O)c2cccc(N)n2)C1. The Bertz CT molecular complexity index is 435. The minimum Gasteiger partial charge on any atom is -0.384 e. The van der Waals surface area contributed by atoms with Gasteiger partial charge in [-0.2, -0.15) is 0 Å². The van der Waals surface area contributed by atoms with Gasteiger partial charge in [-0.05, 0) is 38.6 Å². The monoisotopic (exact) mass is 248 g/mol. The van der Waals surface area contributed by atoms with Crippen LogP contribution >= 0.6 is 0 Å². The Hall–Kier alpha value is -1.62. The molecule has 1 fully saturated rings. The van der Waals surface area contributed by atoms with E-state index in [0.717, 1.165) is 25.9 Å². The van der Waals surface area contributed by atoms with Crippen molar-refractivity contribution in [2.75, 3.05) is 32.9 Å². The molecule has 18 heavy (non-hydrogen) atoms. The Balaban J connectivity index is 2.08. The summed E-state index contributed by atoms with van der Waals surface area (Å²) in [5, 5.41) is 0. The third kappa shape index (κ3) is 2.79. The van der Waals surface area contributed by atoms with Gasteiger partial charge in [-0.15, -0.1) is 0 Å². The maximum Gasteiger partial charge on any atom is 0.272 e. The third-order valence-electron chi connectivity index (χ3n) is 3.46. The van der Waals surface area contributed by atoms with Crippen LogP contribution in [0.25, 0.3) is 0 Å². The van der Waals surface area contributed by atoms with E-state index >= 15 is 0 Å². The van der Waals surface area contributed by atoms with Crippen LogP contribution in [-0.4, -0.2) is 53.9 Å². The van der Waals surface area contributed by atoms with Crippen LogP contribution in [0.5, 0.6) is 0 Å². The third-order valence-corrected chi connectivity index (χ3v) is 3.46. The molecular weight excluding hydrogens is 228 g/mol. The number of carbonyl (C=O) groups is 1. The molecule has 1 amide bonds. The number of hydrogen-bond donors (Lipinski definition) is 1. The van der Waals surface area contributed by atoms with Gasteiger partial charge in [0.1, 0.15) is 11.5 Å². The number of likely N-dealkylation sites (tertiary alicyclic amines) is 1. The summed E-state index contributed by atoms with van der Waals surface area (Å²) in [5.74, 6) is 0.331. The fraction of sp³-hybridized carbons (Fsp3) is 0.538. The Morgan fingerprint density at radius 2 is 2.33 bits per heavy atom. The van der Waals surface area contributed by atoms with Crippen molar-refractivity contribution in [3.8, 4) is 0 Å². The fourth-order valence-electron chi connectivity index (χ4n) is 2.37. The second-order valence-corrected chi connectivity index (χ2v) is 4.92. The second kappa shape index (κ2) is 5.35. The number of carbonyl (C=O) groups excluding carboxylic acids is 1. The molecule has 98 valence electrons. The van der Waals surface area contributed by atoms with Crippen molar-refractivity contribution in [2.45, 2.75) is 18.9 Å². The molecule has 1 atom stereocenters. The van der Waals surface area contributed by atoms with Gasteiger partial charge >= 0.3 is 0 Å². The van der Waals surface area contributed by atoms with Crippen LogP contribution in [0.3, 0.4) is 0 Å². The number of hydrogen-bond acceptors (Lipinski definition) is 4. The number of pyridine rings is 1. The Kier molecular flexibility index (Phi) is 3.81. The van der Waals surface area contributed by atoms with Gasteiger partial charge in [0.2, 0.25) is 0 Å². The molecule has 1 aromatic heterocycles. The highest BCUT2D eigenvalue weighted by molar-refractivity contribution is 5.92. The molecule has 0 spiro atoms. The molecule has 0 bridgehead atoms. The molecule has 5 heteroatoms. The molecule has 0 aliphatic carbocycles. The first-order valence-corrected chi connectivity index (χ1v) is 6.26. The predicted molar refractivity (Wildman–Crippen MR) is 71.3 cm³/mol. The van der Waals surface area contributed by atoms with Crippen LogP contribution in [0.1, 0.15) is 23.3 Å². The molecular formula is C13H20N4O. The van der Waals surface area contributed by atoms with Gasteiger partial charge in [-0.3, -0.25) is 4.79 Å². The summed E-state index contributed by atoms with van der Waals surface area (Å²) in [6.07, 6.45) is 2.18. The number of amides is 1. The first-order chi connectivity index (χ1) is 8.58. The lowest BCUT2D eigenvalue weighted by Crippen LogP contribution is -2.47. The minimum absolute atomic E-state index is 0.0531. The first kappa shape index (κ1) is 12.8. The van der Waals surface area contributed by atoms with E-state index in [0.29, 0.717) is 11.5 Å². The fourth-order valence-corrected chi connectivity index (χ4v) is 2.37. The average molecular weight is 248 g/mol. The van der Waals surface area contributed by atoms with E-state index < -0.39 is 0 Å². The summed E-state index contributed by atoms with van der Waals surface area (Å²) >= 11 is 0. The highest BCUT2D eigenvalue weighted by Crippen LogP contribution is 2.15. The number of likely N-dealkylation sites (N-methyl/N-ethyl adjacent to an activating group) is 2. The van der Waals surface area contributed by atoms with Crippen molar-refractivity contribution < 1.29 is 4.79 Å². The molecule has 1 saturated heterocycles. The van der Waals surface area contributed by atoms with Gasteiger partial charge in [0.25, 0.3) is 5.91 Å². The standard InChI is InChI=1S/C13H20N4O/c1-16-8-4-5-10(9-16)17(2)13(18)11-6-3-7-12(14)15-11/h3,6-7,10H,4-5,8-9H2,1-2H3,(H2,14,15). The zero-order valence-electron chi connectivity index (χ0n) is 11.0. The molecule has 2 rings (SSSR count). The van der Waals surface area contributed by atoms with E-state index in [4.69, 9.17) is 5.73 Å². The number of nitrogens with zero attached hydrogens (tertiary/aromatic N) is 3. The predicted octanol–water partition coefficient (Wildman–Crippen LogP) is 0.830. The van der Waals surface area contributed by atoms with Crippen LogP contribution in [0.2, 0.25) is 0 Å². The van der Waals surface area contributed by atoms with E-state index in [2.05, 4.69) is 16.9 Å². The lowest BCUT2D eigenvalue weighted by molar-refractivity contribution is 0.0638. The lowest BCUT2D eigenvalue weighted by atomic mass is 10.0.